The summed E-state index contributed by atoms with van der Waals surface area (Å²) in [7, 11) is 0. The third-order valence-electron chi connectivity index (χ3n) is 2.11. The molecular formula is C12H10N2O2S. The Balaban J connectivity index is 1.98. The van der Waals surface area contributed by atoms with Crippen LogP contribution in [0.2, 0.25) is 0 Å². The standard InChI is InChI=1S/C12H10N2O2S/c15-14(16)11-8-6-10(7-9-11)13-17-12-4-2-1-3-5-12/h1-9,13H. The highest BCUT2D eigenvalue weighted by Gasteiger charge is 2.03. The summed E-state index contributed by atoms with van der Waals surface area (Å²) < 4.78 is 3.12. The number of benzene rings is 2. The lowest BCUT2D eigenvalue weighted by Crippen LogP contribution is -1.89. The van der Waals surface area contributed by atoms with Gasteiger partial charge >= 0.3 is 0 Å². The van der Waals surface area contributed by atoms with Gasteiger partial charge in [0.15, 0.2) is 0 Å². The van der Waals surface area contributed by atoms with Gasteiger partial charge in [-0.1, -0.05) is 18.2 Å². The molecule has 2 rings (SSSR count). The van der Waals surface area contributed by atoms with Crippen molar-refractivity contribution in [3.05, 3.63) is 64.7 Å². The molecule has 0 saturated heterocycles. The minimum absolute atomic E-state index is 0.0975. The Hall–Kier alpha value is -2.01. The van der Waals surface area contributed by atoms with Crippen LogP contribution in [0.5, 0.6) is 0 Å². The van der Waals surface area contributed by atoms with E-state index in [9.17, 15) is 10.1 Å². The van der Waals surface area contributed by atoms with E-state index in [2.05, 4.69) is 4.72 Å². The summed E-state index contributed by atoms with van der Waals surface area (Å²) in [6.07, 6.45) is 0. The Bertz CT molecular complexity index is 500. The van der Waals surface area contributed by atoms with Gasteiger partial charge in [0.25, 0.3) is 5.69 Å². The molecule has 1 N–H and O–H groups in total. The Morgan fingerprint density at radius 3 is 2.24 bits per heavy atom. The second-order valence-corrected chi connectivity index (χ2v) is 4.20. The molecule has 0 amide bonds. The van der Waals surface area contributed by atoms with Crippen molar-refractivity contribution in [1.82, 2.24) is 0 Å². The van der Waals surface area contributed by atoms with Crippen molar-refractivity contribution < 1.29 is 4.92 Å². The van der Waals surface area contributed by atoms with Crippen molar-refractivity contribution in [2.75, 3.05) is 4.72 Å². The van der Waals surface area contributed by atoms with Crippen molar-refractivity contribution in [3.63, 3.8) is 0 Å². The number of nitrogens with one attached hydrogen (secondary N) is 1. The number of rotatable bonds is 4. The van der Waals surface area contributed by atoms with Crippen LogP contribution in [0.1, 0.15) is 0 Å². The largest absolute Gasteiger partial charge is 0.326 e. The van der Waals surface area contributed by atoms with Crippen LogP contribution < -0.4 is 4.72 Å². The molecule has 0 spiro atoms. The second-order valence-electron chi connectivity index (χ2n) is 3.32. The van der Waals surface area contributed by atoms with Crippen LogP contribution in [-0.2, 0) is 0 Å². The molecule has 5 heteroatoms. The predicted octanol–water partition coefficient (Wildman–Crippen LogP) is 3.71. The first kappa shape index (κ1) is 11.5. The van der Waals surface area contributed by atoms with Gasteiger partial charge in [0.2, 0.25) is 0 Å². The summed E-state index contributed by atoms with van der Waals surface area (Å²) >= 11 is 1.47. The van der Waals surface area contributed by atoms with Gasteiger partial charge < -0.3 is 4.72 Å². The molecular weight excluding hydrogens is 236 g/mol. The number of non-ortho nitro benzene ring substituents is 1. The third-order valence-corrected chi connectivity index (χ3v) is 2.95. The normalized spacial score (nSPS) is 9.88. The summed E-state index contributed by atoms with van der Waals surface area (Å²) in [6, 6.07) is 16.2. The van der Waals surface area contributed by atoms with Gasteiger partial charge in [-0.25, -0.2) is 0 Å². The van der Waals surface area contributed by atoms with Gasteiger partial charge in [-0.15, -0.1) is 0 Å². The second kappa shape index (κ2) is 5.36. The number of nitro groups is 1. The lowest BCUT2D eigenvalue weighted by Gasteiger charge is -2.04. The molecule has 0 fully saturated rings. The molecule has 0 atom stereocenters. The van der Waals surface area contributed by atoms with Crippen molar-refractivity contribution in [2.24, 2.45) is 0 Å². The molecule has 0 radical (unpaired) electrons. The van der Waals surface area contributed by atoms with Crippen molar-refractivity contribution in [1.29, 1.82) is 0 Å². The summed E-state index contributed by atoms with van der Waals surface area (Å²) in [4.78, 5) is 11.2. The van der Waals surface area contributed by atoms with Crippen LogP contribution in [-0.4, -0.2) is 4.92 Å². The number of nitro benzene ring substituents is 1. The molecule has 0 aliphatic carbocycles. The zero-order valence-corrected chi connectivity index (χ0v) is 9.68. The molecule has 0 saturated carbocycles. The Morgan fingerprint density at radius 1 is 1.00 bits per heavy atom. The SMILES string of the molecule is O=[N+]([O-])c1ccc(NSc2ccccc2)cc1. The number of nitrogens with zero attached hydrogens (tertiary/aromatic N) is 1. The van der Waals surface area contributed by atoms with Gasteiger partial charge in [-0.2, -0.15) is 0 Å². The topological polar surface area (TPSA) is 55.2 Å². The van der Waals surface area contributed by atoms with E-state index in [0.717, 1.165) is 10.6 Å². The molecule has 17 heavy (non-hydrogen) atoms. The highest BCUT2D eigenvalue weighted by molar-refractivity contribution is 8.00. The zero-order valence-electron chi connectivity index (χ0n) is 8.87. The van der Waals surface area contributed by atoms with Crippen molar-refractivity contribution >= 4 is 23.3 Å². The fourth-order valence-corrected chi connectivity index (χ4v) is 1.92. The Labute approximate surface area is 103 Å². The van der Waals surface area contributed by atoms with Crippen LogP contribution >= 0.6 is 11.9 Å². The van der Waals surface area contributed by atoms with Crippen molar-refractivity contribution in [3.8, 4) is 0 Å². The maximum absolute atomic E-state index is 10.5. The van der Waals surface area contributed by atoms with E-state index >= 15 is 0 Å². The minimum atomic E-state index is -0.409. The summed E-state index contributed by atoms with van der Waals surface area (Å²) in [6.45, 7) is 0. The number of hydrogen-bond acceptors (Lipinski definition) is 4. The zero-order chi connectivity index (χ0) is 12.1. The average molecular weight is 246 g/mol. The molecule has 86 valence electrons. The highest BCUT2D eigenvalue weighted by atomic mass is 32.2. The molecule has 0 aliphatic heterocycles. The molecule has 0 aromatic heterocycles. The maximum Gasteiger partial charge on any atom is 0.269 e. The number of hydrogen-bond donors (Lipinski definition) is 1. The molecule has 4 nitrogen and oxygen atoms in total. The van der Waals surface area contributed by atoms with E-state index in [0.29, 0.717) is 0 Å². The maximum atomic E-state index is 10.5. The lowest BCUT2D eigenvalue weighted by molar-refractivity contribution is -0.384. The monoisotopic (exact) mass is 246 g/mol. The molecule has 0 heterocycles. The summed E-state index contributed by atoms with van der Waals surface area (Å²) in [5.74, 6) is 0. The number of anilines is 1. The predicted molar refractivity (Wildman–Crippen MR) is 69.0 cm³/mol. The molecule has 0 unspecified atom stereocenters. The van der Waals surface area contributed by atoms with Crippen molar-refractivity contribution in [2.45, 2.75) is 4.90 Å². The van der Waals surface area contributed by atoms with E-state index in [4.69, 9.17) is 0 Å². The average Bonchev–Trinajstić information content (AvgIpc) is 2.38. The van der Waals surface area contributed by atoms with Crippen LogP contribution in [0.25, 0.3) is 0 Å². The van der Waals surface area contributed by atoms with Gasteiger partial charge in [0.1, 0.15) is 0 Å². The van der Waals surface area contributed by atoms with E-state index in [1.54, 1.807) is 12.1 Å². The lowest BCUT2D eigenvalue weighted by atomic mass is 10.3. The fraction of sp³-hybridized carbons (Fsp3) is 0. The summed E-state index contributed by atoms with van der Waals surface area (Å²) in [5.41, 5.74) is 0.935. The van der Waals surface area contributed by atoms with Crippen LogP contribution in [0.3, 0.4) is 0 Å². The molecule has 0 bridgehead atoms. The van der Waals surface area contributed by atoms with Gasteiger partial charge in [-0.05, 0) is 36.2 Å². The highest BCUT2D eigenvalue weighted by Crippen LogP contribution is 2.22. The first-order valence-corrected chi connectivity index (χ1v) is 5.80. The molecule has 2 aromatic carbocycles. The van der Waals surface area contributed by atoms with Crippen LogP contribution in [0, 0.1) is 10.1 Å². The van der Waals surface area contributed by atoms with E-state index in [1.807, 2.05) is 30.3 Å². The minimum Gasteiger partial charge on any atom is -0.326 e. The third kappa shape index (κ3) is 3.22. The van der Waals surface area contributed by atoms with E-state index in [-0.39, 0.29) is 5.69 Å². The fourth-order valence-electron chi connectivity index (χ4n) is 1.26. The van der Waals surface area contributed by atoms with Gasteiger partial charge in [0.05, 0.1) is 4.92 Å². The first-order valence-electron chi connectivity index (χ1n) is 4.98. The van der Waals surface area contributed by atoms with E-state index < -0.39 is 4.92 Å². The quantitative estimate of drug-likeness (QED) is 0.507. The molecule has 2 aromatic rings. The smallest absolute Gasteiger partial charge is 0.269 e. The Morgan fingerprint density at radius 2 is 1.65 bits per heavy atom. The van der Waals surface area contributed by atoms with Crippen LogP contribution in [0.4, 0.5) is 11.4 Å². The van der Waals surface area contributed by atoms with E-state index in [1.165, 1.54) is 24.1 Å². The van der Waals surface area contributed by atoms with Gasteiger partial charge in [0, 0.05) is 22.7 Å². The van der Waals surface area contributed by atoms with Crippen LogP contribution in [0.15, 0.2) is 59.5 Å². The first-order chi connectivity index (χ1) is 8.25. The molecule has 0 aliphatic rings. The van der Waals surface area contributed by atoms with Gasteiger partial charge in [-0.3, -0.25) is 10.1 Å². The Kier molecular flexibility index (Phi) is 3.62. The summed E-state index contributed by atoms with van der Waals surface area (Å²) in [5, 5.41) is 10.5.